The van der Waals surface area contributed by atoms with Crippen molar-refractivity contribution >= 4 is 18.5 Å². The molecule has 0 spiro atoms. The summed E-state index contributed by atoms with van der Waals surface area (Å²) >= 11 is 4.98. The Balaban J connectivity index is 0.864. The Kier molecular flexibility index (Phi) is 19.4. The Morgan fingerprint density at radius 2 is 1.41 bits per heavy atom. The molecule has 4 fully saturated rings. The molecule has 13 nitrogen and oxygen atoms in total. The van der Waals surface area contributed by atoms with Crippen LogP contribution in [0.3, 0.4) is 0 Å². The van der Waals surface area contributed by atoms with Crippen molar-refractivity contribution in [2.45, 2.75) is 142 Å². The molecule has 15 heteroatoms. The SMILES string of the molecule is CC(C)CCC[C@@H](C)[C@H]1CC[C@H]2[C@@H]3CC=C4CC(OCCOCCOCCOCCOP(O)(=S)OCCOC5O[C@H](CO)[C@H](O)[C@H](O)[C@H]5O)CC[C@]4(C)[C@H]3CC[C@]12C. The fourth-order valence-electron chi connectivity index (χ4n) is 11.4. The van der Waals surface area contributed by atoms with Gasteiger partial charge in [-0.3, -0.25) is 0 Å². The minimum atomic E-state index is -3.56. The van der Waals surface area contributed by atoms with Crippen molar-refractivity contribution in [1.29, 1.82) is 0 Å². The zero-order valence-corrected chi connectivity index (χ0v) is 37.6. The summed E-state index contributed by atoms with van der Waals surface area (Å²) < 4.78 is 44.2. The van der Waals surface area contributed by atoms with E-state index in [1.165, 1.54) is 57.8 Å². The minimum absolute atomic E-state index is 0.0155. The van der Waals surface area contributed by atoms with Crippen molar-refractivity contribution in [3.8, 4) is 0 Å². The lowest BCUT2D eigenvalue weighted by Crippen LogP contribution is -2.59. The predicted molar refractivity (Wildman–Crippen MR) is 223 cm³/mol. The largest absolute Gasteiger partial charge is 0.394 e. The molecule has 0 aromatic heterocycles. The van der Waals surface area contributed by atoms with Crippen LogP contribution in [-0.2, 0) is 49.3 Å². The summed E-state index contributed by atoms with van der Waals surface area (Å²) in [6.07, 6.45) is 10.6. The standard InChI is InChI=1S/C43H77O13PS/c1-29(2)7-6-8-30(3)34-11-12-35-33-10-9-31-27-32(13-15-42(31,4)36(33)14-16-43(34,35)5)52-23-21-50-19-17-49-18-20-51-22-25-54-57(48,58)55-26-24-53-41-40(47)39(46)38(45)37(28-44)56-41/h9,29-30,32-41,44-47H,6-8,10-28H2,1-5H3,(H,48,58)/t30-,32?,33+,34-,35+,36+,37-,38+,39+,40-,41?,42+,43-,57?/m1/s1. The molecular formula is C43H77O13PS. The van der Waals surface area contributed by atoms with Gasteiger partial charge < -0.3 is 62.8 Å². The van der Waals surface area contributed by atoms with Crippen LogP contribution in [0.25, 0.3) is 0 Å². The average Bonchev–Trinajstić information content (AvgIpc) is 3.55. The highest BCUT2D eigenvalue weighted by molar-refractivity contribution is 8.07. The summed E-state index contributed by atoms with van der Waals surface area (Å²) in [7, 11) is 0. The van der Waals surface area contributed by atoms with Gasteiger partial charge in [0.2, 0.25) is 0 Å². The fourth-order valence-corrected chi connectivity index (χ4v) is 12.5. The molecular weight excluding hydrogens is 788 g/mol. The van der Waals surface area contributed by atoms with Gasteiger partial charge in [0.1, 0.15) is 24.4 Å². The second-order valence-electron chi connectivity index (χ2n) is 18.6. The third kappa shape index (κ3) is 12.7. The number of hydrogen-bond donors (Lipinski definition) is 5. The van der Waals surface area contributed by atoms with Gasteiger partial charge >= 0.3 is 6.72 Å². The molecule has 0 amide bonds. The second-order valence-corrected chi connectivity index (χ2v) is 21.4. The first-order valence-electron chi connectivity index (χ1n) is 22.3. The number of hydrogen-bond acceptors (Lipinski definition) is 13. The molecule has 5 aliphatic rings. The highest BCUT2D eigenvalue weighted by atomic mass is 32.5. The van der Waals surface area contributed by atoms with Gasteiger partial charge in [-0.05, 0) is 110 Å². The van der Waals surface area contributed by atoms with Crippen molar-refractivity contribution in [2.75, 3.05) is 72.7 Å². The van der Waals surface area contributed by atoms with Gasteiger partial charge in [-0.25, -0.2) is 0 Å². The molecule has 1 aliphatic heterocycles. The van der Waals surface area contributed by atoms with Crippen LogP contribution in [0.1, 0.15) is 105 Å². The van der Waals surface area contributed by atoms with Gasteiger partial charge in [-0.1, -0.05) is 65.5 Å². The zero-order valence-electron chi connectivity index (χ0n) is 35.9. The Bertz CT molecular complexity index is 1310. The maximum atomic E-state index is 10.2. The van der Waals surface area contributed by atoms with Crippen LogP contribution < -0.4 is 0 Å². The number of aliphatic hydroxyl groups is 4. The van der Waals surface area contributed by atoms with E-state index in [4.69, 9.17) is 49.3 Å². The van der Waals surface area contributed by atoms with Gasteiger partial charge in [-0.15, -0.1) is 0 Å². The molecule has 0 aromatic carbocycles. The average molecular weight is 865 g/mol. The molecule has 338 valence electrons. The highest BCUT2D eigenvalue weighted by Gasteiger charge is 2.59. The summed E-state index contributed by atoms with van der Waals surface area (Å²) in [5, 5.41) is 38.9. The Labute approximate surface area is 353 Å². The Morgan fingerprint density at radius 3 is 2.09 bits per heavy atom. The lowest BCUT2D eigenvalue weighted by molar-refractivity contribution is -0.301. The first-order valence-corrected chi connectivity index (χ1v) is 24.9. The molecule has 3 unspecified atom stereocenters. The summed E-state index contributed by atoms with van der Waals surface area (Å²) in [5.74, 6) is 5.14. The molecule has 5 N–H and O–H groups in total. The first kappa shape index (κ1) is 48.9. The third-order valence-electron chi connectivity index (χ3n) is 14.5. The minimum Gasteiger partial charge on any atom is -0.394 e. The van der Waals surface area contributed by atoms with Crippen molar-refractivity contribution < 1.29 is 62.8 Å². The molecule has 14 atom stereocenters. The molecule has 0 bridgehead atoms. The maximum Gasteiger partial charge on any atom is 0.324 e. The molecule has 4 aliphatic carbocycles. The van der Waals surface area contributed by atoms with Crippen molar-refractivity contribution in [2.24, 2.45) is 46.3 Å². The topological polar surface area (TPSA) is 175 Å². The van der Waals surface area contributed by atoms with E-state index in [1.807, 2.05) is 0 Å². The molecule has 3 saturated carbocycles. The maximum absolute atomic E-state index is 10.2. The summed E-state index contributed by atoms with van der Waals surface area (Å²) in [4.78, 5) is 10.2. The Hall–Kier alpha value is -0.130. The van der Waals surface area contributed by atoms with E-state index in [2.05, 4.69) is 40.7 Å². The number of ether oxygens (including phenoxy) is 6. The monoisotopic (exact) mass is 864 g/mol. The molecule has 58 heavy (non-hydrogen) atoms. The number of rotatable bonds is 25. The lowest BCUT2D eigenvalue weighted by Gasteiger charge is -2.58. The van der Waals surface area contributed by atoms with Gasteiger partial charge in [-0.2, -0.15) is 0 Å². The van der Waals surface area contributed by atoms with Crippen LogP contribution in [0.15, 0.2) is 11.6 Å². The van der Waals surface area contributed by atoms with E-state index >= 15 is 0 Å². The summed E-state index contributed by atoms with van der Waals surface area (Å²) in [5.41, 5.74) is 2.53. The number of aliphatic hydroxyl groups excluding tert-OH is 4. The van der Waals surface area contributed by atoms with Crippen LogP contribution in [-0.4, -0.2) is 135 Å². The van der Waals surface area contributed by atoms with E-state index in [-0.39, 0.29) is 32.5 Å². The van der Waals surface area contributed by atoms with E-state index in [1.54, 1.807) is 5.57 Å². The summed E-state index contributed by atoms with van der Waals surface area (Å²) in [6, 6.07) is 0. The van der Waals surface area contributed by atoms with E-state index < -0.39 is 44.0 Å². The first-order chi connectivity index (χ1) is 27.7. The molecule has 5 rings (SSSR count). The van der Waals surface area contributed by atoms with Gasteiger partial charge in [0.25, 0.3) is 0 Å². The summed E-state index contributed by atoms with van der Waals surface area (Å²) in [6.45, 7) is 11.1. The van der Waals surface area contributed by atoms with Crippen molar-refractivity contribution in [3.63, 3.8) is 0 Å². The van der Waals surface area contributed by atoms with Crippen LogP contribution >= 0.6 is 6.72 Å². The van der Waals surface area contributed by atoms with Gasteiger partial charge in [0.05, 0.1) is 78.8 Å². The van der Waals surface area contributed by atoms with Gasteiger partial charge in [0.15, 0.2) is 6.29 Å². The van der Waals surface area contributed by atoms with Crippen molar-refractivity contribution in [1.82, 2.24) is 0 Å². The normalized spacial score (nSPS) is 37.8. The zero-order chi connectivity index (χ0) is 41.9. The highest BCUT2D eigenvalue weighted by Crippen LogP contribution is 2.67. The van der Waals surface area contributed by atoms with Gasteiger partial charge in [0, 0.05) is 0 Å². The van der Waals surface area contributed by atoms with Crippen LogP contribution in [0, 0.1) is 46.3 Å². The quantitative estimate of drug-likeness (QED) is 0.0440. The smallest absolute Gasteiger partial charge is 0.324 e. The van der Waals surface area contributed by atoms with E-state index in [0.717, 1.165) is 48.3 Å². The van der Waals surface area contributed by atoms with Crippen LogP contribution in [0.5, 0.6) is 0 Å². The molecule has 0 radical (unpaired) electrons. The van der Waals surface area contributed by atoms with Crippen LogP contribution in [0.2, 0.25) is 0 Å². The van der Waals surface area contributed by atoms with Crippen LogP contribution in [0.4, 0.5) is 0 Å². The number of allylic oxidation sites excluding steroid dienone is 1. The molecule has 0 aromatic rings. The van der Waals surface area contributed by atoms with E-state index in [9.17, 15) is 25.3 Å². The predicted octanol–water partition coefficient (Wildman–Crippen LogP) is 5.53. The third-order valence-corrected chi connectivity index (χ3v) is 16.2. The number of fused-ring (bicyclic) bond motifs is 5. The fraction of sp³-hybridized carbons (Fsp3) is 0.953. The Morgan fingerprint density at radius 1 is 0.776 bits per heavy atom. The molecule has 1 heterocycles. The second kappa shape index (κ2) is 23.0. The molecule has 1 saturated heterocycles. The van der Waals surface area contributed by atoms with Crippen molar-refractivity contribution in [3.05, 3.63) is 11.6 Å². The van der Waals surface area contributed by atoms with E-state index in [0.29, 0.717) is 50.5 Å². The lowest BCUT2D eigenvalue weighted by atomic mass is 9.47.